The van der Waals surface area contributed by atoms with Crippen molar-refractivity contribution in [1.82, 2.24) is 0 Å². The van der Waals surface area contributed by atoms with Gasteiger partial charge in [-0.25, -0.2) is 0 Å². The molecule has 21 heavy (non-hydrogen) atoms. The van der Waals surface area contributed by atoms with Crippen molar-refractivity contribution in [2.24, 2.45) is 0 Å². The summed E-state index contributed by atoms with van der Waals surface area (Å²) in [5.74, 6) is 0.993. The highest BCUT2D eigenvalue weighted by atomic mass is 16.5. The molecule has 3 N–H and O–H groups in total. The topological polar surface area (TPSA) is 61.7 Å². The zero-order valence-electron chi connectivity index (χ0n) is 12.8. The van der Waals surface area contributed by atoms with Gasteiger partial charge in [0.15, 0.2) is 0 Å². The van der Waals surface area contributed by atoms with Crippen LogP contribution in [0.4, 0.5) is 5.69 Å². The molecule has 2 aromatic carbocycles. The van der Waals surface area contributed by atoms with E-state index >= 15 is 0 Å². The zero-order valence-corrected chi connectivity index (χ0v) is 12.8. The summed E-state index contributed by atoms with van der Waals surface area (Å²) < 4.78 is 5.41. The van der Waals surface area contributed by atoms with Crippen LogP contribution in [0, 0.1) is 13.8 Å². The van der Waals surface area contributed by atoms with E-state index < -0.39 is 0 Å². The van der Waals surface area contributed by atoms with Crippen LogP contribution in [0.25, 0.3) is 0 Å². The highest BCUT2D eigenvalue weighted by Gasteiger charge is 2.16. The number of aryl methyl sites for hydroxylation is 1. The Bertz CT molecular complexity index is 632. The van der Waals surface area contributed by atoms with Gasteiger partial charge in [0.25, 0.3) is 0 Å². The number of phenols is 2. The van der Waals surface area contributed by atoms with E-state index in [0.717, 1.165) is 22.6 Å². The number of rotatable bonds is 4. The molecular formula is C17H21NO3. The highest BCUT2D eigenvalue weighted by Crippen LogP contribution is 2.36. The van der Waals surface area contributed by atoms with Crippen molar-refractivity contribution in [3.05, 3.63) is 47.0 Å². The molecular weight excluding hydrogens is 266 g/mol. The quantitative estimate of drug-likeness (QED) is 0.798. The molecule has 1 atom stereocenters. The van der Waals surface area contributed by atoms with E-state index in [0.29, 0.717) is 5.56 Å². The first-order valence-electron chi connectivity index (χ1n) is 6.87. The van der Waals surface area contributed by atoms with E-state index in [-0.39, 0.29) is 17.5 Å². The maximum absolute atomic E-state index is 9.93. The number of phenolic OH excluding ortho intramolecular Hbond substituents is 2. The first-order valence-corrected chi connectivity index (χ1v) is 6.87. The average molecular weight is 287 g/mol. The molecule has 0 aliphatic rings. The molecule has 0 amide bonds. The first kappa shape index (κ1) is 15.0. The Balaban J connectivity index is 2.34. The van der Waals surface area contributed by atoms with E-state index in [1.807, 2.05) is 32.9 Å². The molecule has 4 heteroatoms. The van der Waals surface area contributed by atoms with Crippen molar-refractivity contribution >= 4 is 5.69 Å². The van der Waals surface area contributed by atoms with Crippen molar-refractivity contribution in [3.8, 4) is 17.2 Å². The van der Waals surface area contributed by atoms with Crippen molar-refractivity contribution in [3.63, 3.8) is 0 Å². The molecule has 0 aromatic heterocycles. The van der Waals surface area contributed by atoms with Crippen LogP contribution in [-0.4, -0.2) is 17.3 Å². The number of nitrogens with one attached hydrogen (secondary N) is 1. The van der Waals surface area contributed by atoms with Gasteiger partial charge in [0.05, 0.1) is 18.7 Å². The Morgan fingerprint density at radius 1 is 1.05 bits per heavy atom. The minimum absolute atomic E-state index is 0.0757. The van der Waals surface area contributed by atoms with E-state index in [1.54, 1.807) is 25.3 Å². The van der Waals surface area contributed by atoms with Crippen molar-refractivity contribution in [2.75, 3.05) is 12.4 Å². The molecule has 2 aromatic rings. The Morgan fingerprint density at radius 2 is 1.67 bits per heavy atom. The van der Waals surface area contributed by atoms with Gasteiger partial charge in [0.1, 0.15) is 17.2 Å². The third-order valence-corrected chi connectivity index (χ3v) is 3.67. The van der Waals surface area contributed by atoms with Crippen LogP contribution >= 0.6 is 0 Å². The lowest BCUT2D eigenvalue weighted by atomic mass is 10.0. The summed E-state index contributed by atoms with van der Waals surface area (Å²) in [4.78, 5) is 0. The summed E-state index contributed by atoms with van der Waals surface area (Å²) >= 11 is 0. The van der Waals surface area contributed by atoms with Gasteiger partial charge < -0.3 is 20.3 Å². The van der Waals surface area contributed by atoms with Crippen LogP contribution in [0.3, 0.4) is 0 Å². The Morgan fingerprint density at radius 3 is 2.24 bits per heavy atom. The fraction of sp³-hybridized carbons (Fsp3) is 0.294. The molecule has 0 bridgehead atoms. The number of ether oxygens (including phenoxy) is 1. The average Bonchev–Trinajstić information content (AvgIpc) is 2.42. The predicted octanol–water partition coefficient (Wildman–Crippen LogP) is 3.90. The molecule has 0 aliphatic heterocycles. The van der Waals surface area contributed by atoms with Gasteiger partial charge in [0, 0.05) is 11.3 Å². The fourth-order valence-electron chi connectivity index (χ4n) is 2.59. The van der Waals surface area contributed by atoms with Gasteiger partial charge in [-0.05, 0) is 44.5 Å². The number of hydrogen-bond acceptors (Lipinski definition) is 4. The molecule has 2 rings (SSSR count). The maximum atomic E-state index is 9.93. The Hall–Kier alpha value is -2.36. The van der Waals surface area contributed by atoms with Gasteiger partial charge in [-0.3, -0.25) is 0 Å². The van der Waals surface area contributed by atoms with E-state index in [4.69, 9.17) is 4.74 Å². The molecule has 0 spiro atoms. The van der Waals surface area contributed by atoms with Crippen LogP contribution in [0.15, 0.2) is 30.3 Å². The smallest absolute Gasteiger partial charge is 0.126 e. The molecule has 0 saturated heterocycles. The summed E-state index contributed by atoms with van der Waals surface area (Å²) in [6, 6.07) is 8.45. The summed E-state index contributed by atoms with van der Waals surface area (Å²) in [7, 11) is 1.65. The monoisotopic (exact) mass is 287 g/mol. The number of anilines is 1. The Labute approximate surface area is 125 Å². The number of methoxy groups -OCH3 is 1. The second-order valence-corrected chi connectivity index (χ2v) is 5.16. The van der Waals surface area contributed by atoms with Crippen LogP contribution in [0.5, 0.6) is 17.2 Å². The zero-order chi connectivity index (χ0) is 15.6. The Kier molecular flexibility index (Phi) is 4.26. The molecule has 0 heterocycles. The van der Waals surface area contributed by atoms with Gasteiger partial charge in [-0.2, -0.15) is 0 Å². The number of hydrogen-bond donors (Lipinski definition) is 3. The van der Waals surface area contributed by atoms with Gasteiger partial charge in [-0.15, -0.1) is 0 Å². The van der Waals surface area contributed by atoms with Crippen LogP contribution < -0.4 is 10.1 Å². The predicted molar refractivity (Wildman–Crippen MR) is 84.3 cm³/mol. The number of benzene rings is 2. The lowest BCUT2D eigenvalue weighted by Crippen LogP contribution is -2.09. The van der Waals surface area contributed by atoms with Crippen molar-refractivity contribution < 1.29 is 14.9 Å². The third-order valence-electron chi connectivity index (χ3n) is 3.67. The van der Waals surface area contributed by atoms with Crippen molar-refractivity contribution in [2.45, 2.75) is 26.8 Å². The second-order valence-electron chi connectivity index (χ2n) is 5.16. The molecule has 0 aliphatic carbocycles. The molecule has 112 valence electrons. The maximum Gasteiger partial charge on any atom is 0.126 e. The van der Waals surface area contributed by atoms with Crippen LogP contribution in [0.2, 0.25) is 0 Å². The summed E-state index contributed by atoms with van der Waals surface area (Å²) in [6.07, 6.45) is 0. The molecule has 4 nitrogen and oxygen atoms in total. The first-order chi connectivity index (χ1) is 9.95. The number of aromatic hydroxyl groups is 2. The molecule has 0 fully saturated rings. The fourth-order valence-corrected chi connectivity index (χ4v) is 2.59. The lowest BCUT2D eigenvalue weighted by molar-refractivity contribution is 0.408. The highest BCUT2D eigenvalue weighted by molar-refractivity contribution is 5.61. The summed E-state index contributed by atoms with van der Waals surface area (Å²) in [6.45, 7) is 5.86. The minimum atomic E-state index is -0.239. The standard InChI is InChI=1S/C17H21NO3/c1-10-8-9-13(11(2)17(10)21-4)18-12(3)16-14(19)6-5-7-15(16)20/h5-9,12,18-20H,1-4H3. The summed E-state index contributed by atoms with van der Waals surface area (Å²) in [5.41, 5.74) is 3.46. The molecule has 0 saturated carbocycles. The minimum Gasteiger partial charge on any atom is -0.507 e. The van der Waals surface area contributed by atoms with Gasteiger partial charge in [-0.1, -0.05) is 12.1 Å². The van der Waals surface area contributed by atoms with E-state index in [2.05, 4.69) is 5.32 Å². The van der Waals surface area contributed by atoms with E-state index in [9.17, 15) is 10.2 Å². The normalized spacial score (nSPS) is 12.0. The van der Waals surface area contributed by atoms with Gasteiger partial charge in [0.2, 0.25) is 0 Å². The van der Waals surface area contributed by atoms with Crippen LogP contribution in [0.1, 0.15) is 29.7 Å². The lowest BCUT2D eigenvalue weighted by Gasteiger charge is -2.21. The van der Waals surface area contributed by atoms with E-state index in [1.165, 1.54) is 0 Å². The van der Waals surface area contributed by atoms with Crippen LogP contribution in [-0.2, 0) is 0 Å². The molecule has 0 radical (unpaired) electrons. The second kappa shape index (κ2) is 5.95. The van der Waals surface area contributed by atoms with Crippen molar-refractivity contribution in [1.29, 1.82) is 0 Å². The van der Waals surface area contributed by atoms with Gasteiger partial charge >= 0.3 is 0 Å². The summed E-state index contributed by atoms with van der Waals surface area (Å²) in [5, 5.41) is 23.2. The third kappa shape index (κ3) is 2.89. The largest absolute Gasteiger partial charge is 0.507 e. The SMILES string of the molecule is COc1c(C)ccc(NC(C)c2c(O)cccc2O)c1C. The molecule has 1 unspecified atom stereocenters.